The summed E-state index contributed by atoms with van der Waals surface area (Å²) < 4.78 is 0. The molecule has 0 aliphatic heterocycles. The lowest BCUT2D eigenvalue weighted by atomic mass is 9.78. The predicted octanol–water partition coefficient (Wildman–Crippen LogP) is 13.6. The molecule has 0 N–H and O–H groups in total. The molecule has 1 atom stereocenters. The summed E-state index contributed by atoms with van der Waals surface area (Å²) in [7, 11) is 0. The fraction of sp³-hybridized carbons (Fsp3) is 0.0400. The zero-order chi connectivity index (χ0) is 32.8. The molecule has 2 aliphatic rings. The second kappa shape index (κ2) is 10.6. The summed E-state index contributed by atoms with van der Waals surface area (Å²) in [5, 5.41) is 15.6. The highest BCUT2D eigenvalue weighted by Gasteiger charge is 2.23. The minimum absolute atomic E-state index is 0.444. The van der Waals surface area contributed by atoms with Crippen LogP contribution in [0.3, 0.4) is 0 Å². The second-order valence-corrected chi connectivity index (χ2v) is 14.0. The smallest absolute Gasteiger partial charge is 0.00621 e. The lowest BCUT2D eigenvalue weighted by Crippen LogP contribution is -2.12. The van der Waals surface area contributed by atoms with Crippen molar-refractivity contribution in [3.8, 4) is 22.3 Å². The van der Waals surface area contributed by atoms with Crippen molar-refractivity contribution in [1.29, 1.82) is 0 Å². The van der Waals surface area contributed by atoms with Crippen LogP contribution in [-0.2, 0) is 6.42 Å². The largest absolute Gasteiger partial charge is 0.0767 e. The van der Waals surface area contributed by atoms with E-state index in [9.17, 15) is 0 Å². The maximum atomic E-state index is 2.39. The molecule has 0 nitrogen and oxygen atoms in total. The third-order valence-corrected chi connectivity index (χ3v) is 11.3. The standard InChI is InChI=1S/C50H32/c1-3-13-33-29-47-35(27-31(33)11-1)23-25-39-37(47)19-9-21-41(39)49-43-15-5-7-17-45(43)50(46-18-8-6-16-44(46)49)42-22-10-20-38-40(42)26-24-36-28-32-12-2-4-14-34(32)30-48(36)38/h1-29,34H,30H2. The highest BCUT2D eigenvalue weighted by atomic mass is 14.3. The average molecular weight is 633 g/mol. The van der Waals surface area contributed by atoms with E-state index < -0.39 is 0 Å². The fourth-order valence-electron chi connectivity index (χ4n) is 9.07. The van der Waals surface area contributed by atoms with E-state index in [4.69, 9.17) is 0 Å². The molecule has 0 aromatic heterocycles. The Hall–Kier alpha value is -6.24. The normalized spacial score (nSPS) is 15.3. The Morgan fingerprint density at radius 3 is 1.68 bits per heavy atom. The monoisotopic (exact) mass is 632 g/mol. The van der Waals surface area contributed by atoms with Gasteiger partial charge in [-0.3, -0.25) is 0 Å². The third-order valence-electron chi connectivity index (χ3n) is 11.3. The van der Waals surface area contributed by atoms with Gasteiger partial charge in [0.05, 0.1) is 0 Å². The van der Waals surface area contributed by atoms with Crippen LogP contribution < -0.4 is 0 Å². The van der Waals surface area contributed by atoms with Gasteiger partial charge in [0.1, 0.15) is 0 Å². The van der Waals surface area contributed by atoms with Crippen molar-refractivity contribution in [1.82, 2.24) is 0 Å². The summed E-state index contributed by atoms with van der Waals surface area (Å²) in [5.41, 5.74) is 9.42. The molecule has 9 aromatic rings. The van der Waals surface area contributed by atoms with Crippen LogP contribution in [0.5, 0.6) is 0 Å². The van der Waals surface area contributed by atoms with Gasteiger partial charge in [-0.05, 0) is 122 Å². The molecule has 9 aromatic carbocycles. The first kappa shape index (κ1) is 27.7. The van der Waals surface area contributed by atoms with E-state index in [1.807, 2.05) is 0 Å². The van der Waals surface area contributed by atoms with E-state index in [-0.39, 0.29) is 0 Å². The van der Waals surface area contributed by atoms with Crippen molar-refractivity contribution < 1.29 is 0 Å². The Bertz CT molecular complexity index is 2950. The number of hydrogen-bond donors (Lipinski definition) is 0. The molecule has 0 saturated heterocycles. The van der Waals surface area contributed by atoms with E-state index in [1.165, 1.54) is 104 Å². The third kappa shape index (κ3) is 4.00. The molecular formula is C50H32. The highest BCUT2D eigenvalue weighted by molar-refractivity contribution is 6.26. The first-order valence-electron chi connectivity index (χ1n) is 17.7. The van der Waals surface area contributed by atoms with Crippen LogP contribution in [0.15, 0.2) is 175 Å². The van der Waals surface area contributed by atoms with Gasteiger partial charge in [0.2, 0.25) is 0 Å². The summed E-state index contributed by atoms with van der Waals surface area (Å²) in [6.07, 6.45) is 12.4. The van der Waals surface area contributed by atoms with E-state index in [0.717, 1.165) is 6.42 Å². The van der Waals surface area contributed by atoms with Crippen LogP contribution in [0.2, 0.25) is 0 Å². The van der Waals surface area contributed by atoms with Gasteiger partial charge in [-0.1, -0.05) is 164 Å². The zero-order valence-electron chi connectivity index (χ0n) is 27.5. The van der Waals surface area contributed by atoms with E-state index in [0.29, 0.717) is 5.92 Å². The van der Waals surface area contributed by atoms with E-state index in [1.54, 1.807) is 0 Å². The Kier molecular flexibility index (Phi) is 5.89. The second-order valence-electron chi connectivity index (χ2n) is 14.0. The summed E-state index contributed by atoms with van der Waals surface area (Å²) in [6, 6.07) is 54.7. The highest BCUT2D eigenvalue weighted by Crippen LogP contribution is 2.48. The summed E-state index contributed by atoms with van der Waals surface area (Å²) in [4.78, 5) is 0. The summed E-state index contributed by atoms with van der Waals surface area (Å²) in [6.45, 7) is 0. The van der Waals surface area contributed by atoms with Gasteiger partial charge < -0.3 is 0 Å². The zero-order valence-corrected chi connectivity index (χ0v) is 27.5. The maximum absolute atomic E-state index is 2.39. The van der Waals surface area contributed by atoms with Gasteiger partial charge in [-0.25, -0.2) is 0 Å². The van der Waals surface area contributed by atoms with Crippen molar-refractivity contribution in [3.63, 3.8) is 0 Å². The molecule has 50 heavy (non-hydrogen) atoms. The molecule has 232 valence electrons. The molecule has 0 saturated carbocycles. The van der Waals surface area contributed by atoms with Crippen LogP contribution in [0.4, 0.5) is 0 Å². The number of fused-ring (bicyclic) bond motifs is 10. The van der Waals surface area contributed by atoms with Gasteiger partial charge in [0, 0.05) is 5.92 Å². The molecule has 11 rings (SSSR count). The topological polar surface area (TPSA) is 0 Å². The van der Waals surface area contributed by atoms with Crippen LogP contribution >= 0.6 is 0 Å². The molecule has 0 spiro atoms. The Morgan fingerprint density at radius 2 is 0.980 bits per heavy atom. The van der Waals surface area contributed by atoms with Crippen molar-refractivity contribution in [2.45, 2.75) is 6.42 Å². The van der Waals surface area contributed by atoms with Crippen LogP contribution in [0.25, 0.3) is 93.0 Å². The molecule has 1 unspecified atom stereocenters. The average Bonchev–Trinajstić information content (AvgIpc) is 3.18. The molecule has 0 amide bonds. The lowest BCUT2D eigenvalue weighted by Gasteiger charge is -2.26. The first-order chi connectivity index (χ1) is 24.8. The maximum Gasteiger partial charge on any atom is 0.00621 e. The molecule has 0 fully saturated rings. The SMILES string of the molecule is C1=CC2=Cc3ccc4c(-c5c6ccccc6c(-c6cccc7c6ccc6cc8ccccc8cc67)c6ccccc56)cccc4c3CC2C=C1. The first-order valence-corrected chi connectivity index (χ1v) is 17.7. The minimum Gasteiger partial charge on any atom is -0.0767 e. The fourth-order valence-corrected chi connectivity index (χ4v) is 9.07. The minimum atomic E-state index is 0.444. The van der Waals surface area contributed by atoms with Crippen LogP contribution in [-0.4, -0.2) is 0 Å². The molecule has 0 radical (unpaired) electrons. The Labute approximate surface area is 290 Å². The molecular weight excluding hydrogens is 601 g/mol. The van der Waals surface area contributed by atoms with Crippen LogP contribution in [0.1, 0.15) is 11.1 Å². The Balaban J connectivity index is 1.20. The number of benzene rings is 9. The predicted molar refractivity (Wildman–Crippen MR) is 216 cm³/mol. The van der Waals surface area contributed by atoms with Crippen LogP contribution in [0, 0.1) is 5.92 Å². The quantitative estimate of drug-likeness (QED) is 0.131. The van der Waals surface area contributed by atoms with Crippen molar-refractivity contribution >= 4 is 70.7 Å². The molecule has 0 heterocycles. The van der Waals surface area contributed by atoms with Crippen molar-refractivity contribution in [3.05, 3.63) is 187 Å². The molecule has 0 bridgehead atoms. The summed E-state index contributed by atoms with van der Waals surface area (Å²) >= 11 is 0. The van der Waals surface area contributed by atoms with Crippen molar-refractivity contribution in [2.24, 2.45) is 5.92 Å². The van der Waals surface area contributed by atoms with Crippen molar-refractivity contribution in [2.75, 3.05) is 0 Å². The molecule has 0 heteroatoms. The number of rotatable bonds is 2. The summed E-state index contributed by atoms with van der Waals surface area (Å²) in [5.74, 6) is 0.444. The number of allylic oxidation sites excluding steroid dienone is 5. The van der Waals surface area contributed by atoms with Gasteiger partial charge in [0.25, 0.3) is 0 Å². The van der Waals surface area contributed by atoms with E-state index >= 15 is 0 Å². The molecule has 2 aliphatic carbocycles. The van der Waals surface area contributed by atoms with Gasteiger partial charge >= 0.3 is 0 Å². The Morgan fingerprint density at radius 1 is 0.400 bits per heavy atom. The van der Waals surface area contributed by atoms with Gasteiger partial charge in [-0.2, -0.15) is 0 Å². The van der Waals surface area contributed by atoms with E-state index in [2.05, 4.69) is 176 Å². The van der Waals surface area contributed by atoms with Gasteiger partial charge in [0.15, 0.2) is 0 Å². The van der Waals surface area contributed by atoms with Gasteiger partial charge in [-0.15, -0.1) is 0 Å². The number of hydrogen-bond acceptors (Lipinski definition) is 0. The lowest BCUT2D eigenvalue weighted by molar-refractivity contribution is 0.764.